The lowest BCUT2D eigenvalue weighted by Gasteiger charge is -2.47. The van der Waals surface area contributed by atoms with Gasteiger partial charge in [-0.3, -0.25) is 4.79 Å². The minimum absolute atomic E-state index is 0.0870. The molecule has 1 aliphatic heterocycles. The minimum Gasteiger partial charge on any atom is -0.387 e. The van der Waals surface area contributed by atoms with Crippen LogP contribution in [0.15, 0.2) is 52.7 Å². The van der Waals surface area contributed by atoms with Crippen molar-refractivity contribution in [2.45, 2.75) is 49.7 Å². The third-order valence-electron chi connectivity index (χ3n) is 5.48. The highest BCUT2D eigenvalue weighted by atomic mass is 35.5. The lowest BCUT2D eigenvalue weighted by atomic mass is 9.75. The number of aliphatic hydroxyl groups is 1. The summed E-state index contributed by atoms with van der Waals surface area (Å²) in [5.74, 6) is -1.13. The number of carbonyl (C=O) groups excluding carboxylic acids is 1. The lowest BCUT2D eigenvalue weighted by molar-refractivity contribution is -0.119. The van der Waals surface area contributed by atoms with Crippen molar-refractivity contribution < 1.29 is 27.5 Å². The van der Waals surface area contributed by atoms with Crippen LogP contribution in [-0.4, -0.2) is 40.4 Å². The van der Waals surface area contributed by atoms with E-state index in [4.69, 9.17) is 17.3 Å². The summed E-state index contributed by atoms with van der Waals surface area (Å²) in [6.45, 7) is -0.329. The quantitative estimate of drug-likeness (QED) is 0.704. The zero-order valence-corrected chi connectivity index (χ0v) is 16.2. The lowest BCUT2D eigenvalue weighted by Crippen LogP contribution is -2.51. The highest BCUT2D eigenvalue weighted by Crippen LogP contribution is 2.47. The molecule has 2 aliphatic rings. The fraction of sp³-hybridized carbons (Fsp3) is 0.450. The fourth-order valence-electron chi connectivity index (χ4n) is 4.12. The first kappa shape index (κ1) is 21.6. The molecule has 4 nitrogen and oxygen atoms in total. The molecule has 1 fully saturated rings. The van der Waals surface area contributed by atoms with Gasteiger partial charge in [0.05, 0.1) is 22.2 Å². The van der Waals surface area contributed by atoms with Crippen molar-refractivity contribution in [3.63, 3.8) is 0 Å². The summed E-state index contributed by atoms with van der Waals surface area (Å²) in [4.78, 5) is 13.4. The number of hydrogen-bond donors (Lipinski definition) is 2. The molecule has 1 atom stereocenters. The van der Waals surface area contributed by atoms with E-state index in [-0.39, 0.29) is 32.2 Å². The number of rotatable bonds is 4. The Morgan fingerprint density at radius 2 is 1.83 bits per heavy atom. The van der Waals surface area contributed by atoms with Gasteiger partial charge in [0.2, 0.25) is 0 Å². The van der Waals surface area contributed by atoms with Gasteiger partial charge in [-0.05, 0) is 31.2 Å². The second-order valence-electron chi connectivity index (χ2n) is 7.39. The van der Waals surface area contributed by atoms with Crippen LogP contribution in [0.1, 0.15) is 37.3 Å². The van der Waals surface area contributed by atoms with Crippen molar-refractivity contribution in [1.82, 2.24) is 4.90 Å². The molecule has 3 N–H and O–H groups in total. The van der Waals surface area contributed by atoms with Gasteiger partial charge in [-0.1, -0.05) is 48.0 Å². The predicted octanol–water partition coefficient (Wildman–Crippen LogP) is 4.11. The Kier molecular flexibility index (Phi) is 5.96. The molecule has 1 heterocycles. The molecule has 1 aromatic rings. The maximum Gasteiger partial charge on any atom is 0.417 e. The van der Waals surface area contributed by atoms with Crippen LogP contribution in [0.25, 0.3) is 0 Å². The average molecular weight is 433 g/mol. The Balaban J connectivity index is 2.11. The van der Waals surface area contributed by atoms with Gasteiger partial charge in [0.1, 0.15) is 11.9 Å². The van der Waals surface area contributed by atoms with E-state index in [9.17, 15) is 27.5 Å². The van der Waals surface area contributed by atoms with Gasteiger partial charge in [-0.15, -0.1) is 0 Å². The first-order valence-electron chi connectivity index (χ1n) is 9.20. The van der Waals surface area contributed by atoms with E-state index in [1.54, 1.807) is 30.3 Å². The molecule has 1 saturated carbocycles. The maximum absolute atomic E-state index is 13.7. The van der Waals surface area contributed by atoms with Crippen molar-refractivity contribution in [2.24, 2.45) is 5.73 Å². The van der Waals surface area contributed by atoms with Gasteiger partial charge in [-0.2, -0.15) is 13.2 Å². The highest BCUT2D eigenvalue weighted by Gasteiger charge is 2.48. The number of benzene rings is 1. The van der Waals surface area contributed by atoms with Crippen LogP contribution >= 0.6 is 11.6 Å². The first-order valence-corrected chi connectivity index (χ1v) is 9.58. The van der Waals surface area contributed by atoms with E-state index in [1.165, 1.54) is 4.90 Å². The van der Waals surface area contributed by atoms with Crippen molar-refractivity contribution in [3.05, 3.63) is 58.3 Å². The SMILES string of the molecule is NC(=O)C1=C(Cl)C(C(F)(F)F)=CCN1C(c1ccccc1)[C@]1(O)CC[C@H](F)CC1. The number of primary amides is 1. The molecule has 158 valence electrons. The fourth-order valence-corrected chi connectivity index (χ4v) is 4.51. The molecule has 0 bridgehead atoms. The molecule has 29 heavy (non-hydrogen) atoms. The zero-order chi connectivity index (χ0) is 21.4. The number of allylic oxidation sites excluding steroid dienone is 2. The molecule has 3 rings (SSSR count). The Morgan fingerprint density at radius 1 is 1.24 bits per heavy atom. The van der Waals surface area contributed by atoms with Crippen molar-refractivity contribution >= 4 is 17.5 Å². The molecular formula is C20H21ClF4N2O2. The molecule has 0 radical (unpaired) electrons. The van der Waals surface area contributed by atoms with Gasteiger partial charge < -0.3 is 15.7 Å². The summed E-state index contributed by atoms with van der Waals surface area (Å²) < 4.78 is 53.6. The summed E-state index contributed by atoms with van der Waals surface area (Å²) in [6.07, 6.45) is -4.54. The van der Waals surface area contributed by atoms with E-state index in [0.29, 0.717) is 5.56 Å². The maximum atomic E-state index is 13.7. The number of carbonyl (C=O) groups is 1. The molecule has 0 spiro atoms. The standard InChI is InChI=1S/C20H21ClF4N2O2/c21-15-14(20(23,24)25)8-11-27(16(15)18(26)28)17(12-4-2-1-3-5-12)19(29)9-6-13(22)7-10-19/h1-5,8,13,17,29H,6-7,9-11H2,(H2,26,28)/t13-,17?,19-. The molecule has 0 saturated heterocycles. The summed E-state index contributed by atoms with van der Waals surface area (Å²) in [5, 5.41) is 10.6. The molecule has 9 heteroatoms. The Hall–Kier alpha value is -2.06. The molecule has 1 aliphatic carbocycles. The predicted molar refractivity (Wildman–Crippen MR) is 100 cm³/mol. The number of nitrogens with zero attached hydrogens (tertiary/aromatic N) is 1. The second kappa shape index (κ2) is 7.99. The Morgan fingerprint density at radius 3 is 2.34 bits per heavy atom. The average Bonchev–Trinajstić information content (AvgIpc) is 2.64. The van der Waals surface area contributed by atoms with Gasteiger partial charge in [0.25, 0.3) is 5.91 Å². The van der Waals surface area contributed by atoms with E-state index < -0.39 is 46.2 Å². The third kappa shape index (κ3) is 4.28. The van der Waals surface area contributed by atoms with E-state index >= 15 is 0 Å². The molecule has 1 aromatic carbocycles. The van der Waals surface area contributed by atoms with Crippen molar-refractivity contribution in [1.29, 1.82) is 0 Å². The zero-order valence-electron chi connectivity index (χ0n) is 15.4. The smallest absolute Gasteiger partial charge is 0.387 e. The second-order valence-corrected chi connectivity index (χ2v) is 7.76. The van der Waals surface area contributed by atoms with Gasteiger partial charge in [0.15, 0.2) is 0 Å². The molecule has 1 amide bonds. The summed E-state index contributed by atoms with van der Waals surface area (Å²) >= 11 is 5.97. The van der Waals surface area contributed by atoms with Crippen LogP contribution in [0.3, 0.4) is 0 Å². The highest BCUT2D eigenvalue weighted by molar-refractivity contribution is 6.34. The first-order chi connectivity index (χ1) is 13.5. The summed E-state index contributed by atoms with van der Waals surface area (Å²) in [5.41, 5.74) is 2.86. The number of amides is 1. The van der Waals surface area contributed by atoms with Crippen molar-refractivity contribution in [2.75, 3.05) is 6.54 Å². The third-order valence-corrected chi connectivity index (χ3v) is 5.86. The molecule has 0 aromatic heterocycles. The largest absolute Gasteiger partial charge is 0.417 e. The molecular weight excluding hydrogens is 412 g/mol. The monoisotopic (exact) mass is 432 g/mol. The number of halogens is 5. The van der Waals surface area contributed by atoms with Gasteiger partial charge in [-0.25, -0.2) is 4.39 Å². The van der Waals surface area contributed by atoms with Crippen LogP contribution in [-0.2, 0) is 4.79 Å². The summed E-state index contributed by atoms with van der Waals surface area (Å²) in [7, 11) is 0. The minimum atomic E-state index is -4.75. The van der Waals surface area contributed by atoms with Crippen LogP contribution in [0.5, 0.6) is 0 Å². The van der Waals surface area contributed by atoms with Crippen LogP contribution in [0.4, 0.5) is 17.6 Å². The Labute approximate surface area is 170 Å². The number of hydrogen-bond acceptors (Lipinski definition) is 3. The van der Waals surface area contributed by atoms with E-state index in [0.717, 1.165) is 6.08 Å². The van der Waals surface area contributed by atoms with Gasteiger partial charge >= 0.3 is 6.18 Å². The molecule has 1 unspecified atom stereocenters. The van der Waals surface area contributed by atoms with Crippen LogP contribution in [0, 0.1) is 0 Å². The summed E-state index contributed by atoms with van der Waals surface area (Å²) in [6, 6.07) is 7.64. The van der Waals surface area contributed by atoms with Crippen molar-refractivity contribution in [3.8, 4) is 0 Å². The van der Waals surface area contributed by atoms with Crippen LogP contribution in [0.2, 0.25) is 0 Å². The number of alkyl halides is 4. The van der Waals surface area contributed by atoms with Gasteiger partial charge in [0, 0.05) is 6.54 Å². The van der Waals surface area contributed by atoms with E-state index in [1.807, 2.05) is 0 Å². The van der Waals surface area contributed by atoms with E-state index in [2.05, 4.69) is 0 Å². The Bertz CT molecular complexity index is 831. The number of nitrogens with two attached hydrogens (primary N) is 1. The van der Waals surface area contributed by atoms with Crippen LogP contribution < -0.4 is 5.73 Å². The normalized spacial score (nSPS) is 26.9. The topological polar surface area (TPSA) is 66.6 Å².